The van der Waals surface area contributed by atoms with E-state index in [1.807, 2.05) is 32.2 Å². The fraction of sp³-hybridized carbons (Fsp3) is 0.750. The van der Waals surface area contributed by atoms with Crippen LogP contribution in [0.15, 0.2) is 0 Å². The van der Waals surface area contributed by atoms with Gasteiger partial charge in [-0.05, 0) is 27.3 Å². The van der Waals surface area contributed by atoms with E-state index >= 15 is 0 Å². The monoisotopic (exact) mass is 240 g/mol. The molecule has 0 aromatic rings. The molecule has 1 aliphatic rings. The van der Waals surface area contributed by atoms with Crippen LogP contribution < -0.4 is 63.5 Å². The van der Waals surface area contributed by atoms with Crippen molar-refractivity contribution < 1.29 is 63.0 Å². The molecule has 0 saturated carbocycles. The molecule has 0 atom stereocenters. The smallest absolute Gasteiger partial charge is 0.487 e. The summed E-state index contributed by atoms with van der Waals surface area (Å²) >= 11 is 0. The molecule has 0 aliphatic carbocycles. The maximum Gasteiger partial charge on any atom is 1.00 e. The van der Waals surface area contributed by atoms with Crippen LogP contribution in [0.5, 0.6) is 0 Å². The summed E-state index contributed by atoms with van der Waals surface area (Å²) in [6, 6.07) is 0.0174. The second-order valence-corrected chi connectivity index (χ2v) is 3.76. The van der Waals surface area contributed by atoms with Crippen LogP contribution in [0.2, 0.25) is 0 Å². The van der Waals surface area contributed by atoms with E-state index in [1.54, 1.807) is 0 Å². The molecular weight excluding hydrogens is 226 g/mol. The molecule has 1 aliphatic heterocycles. The predicted octanol–water partition coefficient (Wildman–Crippen LogP) is -1.63. The molecule has 0 aromatic carbocycles. The molecule has 3 nitrogen and oxygen atoms in total. The topological polar surface area (TPSA) is 32.3 Å². The third-order valence-electron chi connectivity index (χ3n) is 1.78. The van der Waals surface area contributed by atoms with Crippen LogP contribution in [0.25, 0.3) is 0 Å². The molecule has 12 heavy (non-hydrogen) atoms. The van der Waals surface area contributed by atoms with Gasteiger partial charge in [0.2, 0.25) is 0 Å². The Hall–Kier alpha value is 1.08. The molecule has 0 radical (unpaired) electrons. The first-order chi connectivity index (χ1) is 5.02. The first-order valence-electron chi connectivity index (χ1n) is 3.91. The summed E-state index contributed by atoms with van der Waals surface area (Å²) in [7, 11) is 0. The zero-order valence-corrected chi connectivity index (χ0v) is 13.3. The van der Waals surface area contributed by atoms with Gasteiger partial charge in [0.05, 0.1) is 0 Å². The van der Waals surface area contributed by atoms with Crippen LogP contribution >= 0.6 is 0 Å². The summed E-state index contributed by atoms with van der Waals surface area (Å²) in [5.74, 6) is 0. The Morgan fingerprint density at radius 2 is 2.08 bits per heavy atom. The number of urea groups is 1. The minimum atomic E-state index is -0.0572. The Morgan fingerprint density at radius 3 is 2.42 bits per heavy atom. The minimum absolute atomic E-state index is 0. The molecule has 0 unspecified atom stereocenters. The molecule has 2 amide bonds. The Labute approximate surface area is 123 Å². The second-order valence-electron chi connectivity index (χ2n) is 3.76. The van der Waals surface area contributed by atoms with Gasteiger partial charge >= 0.3 is 58.2 Å². The molecule has 1 heterocycles. The molecule has 0 spiro atoms. The molecule has 1 N–H and O–H groups in total. The van der Waals surface area contributed by atoms with Gasteiger partial charge in [-0.25, -0.2) is 6.54 Å². The van der Waals surface area contributed by atoms with Crippen LogP contribution in [0.3, 0.4) is 0 Å². The Kier molecular flexibility index (Phi) is 5.54. The third kappa shape index (κ3) is 3.44. The first kappa shape index (κ1) is 13.1. The summed E-state index contributed by atoms with van der Waals surface area (Å²) < 4.78 is 0. The van der Waals surface area contributed by atoms with Crippen molar-refractivity contribution in [3.63, 3.8) is 0 Å². The molecule has 1 saturated heterocycles. The number of carbonyl (C=O) groups excluding carboxylic acids is 1. The standard InChI is InChI=1S/C8H15N2O.Rb/c1-8(2,3)10-6-4-5-9-7(10)11;/h5H,4,6H2,1-3H3,(H,9,11);/q-1;+1. The first-order valence-corrected chi connectivity index (χ1v) is 3.91. The summed E-state index contributed by atoms with van der Waals surface area (Å²) in [4.78, 5) is 13.1. The van der Waals surface area contributed by atoms with Crippen molar-refractivity contribution in [1.29, 1.82) is 0 Å². The van der Waals surface area contributed by atoms with Crippen molar-refractivity contribution in [3.8, 4) is 0 Å². The van der Waals surface area contributed by atoms with Gasteiger partial charge in [-0.2, -0.15) is 0 Å². The molecule has 64 valence electrons. The molecule has 4 heteroatoms. The van der Waals surface area contributed by atoms with Gasteiger partial charge in [0.15, 0.2) is 0 Å². The van der Waals surface area contributed by atoms with E-state index < -0.39 is 0 Å². The fourth-order valence-electron chi connectivity index (χ4n) is 1.17. The fourth-order valence-corrected chi connectivity index (χ4v) is 1.17. The number of amides is 2. The predicted molar refractivity (Wildman–Crippen MR) is 43.9 cm³/mol. The van der Waals surface area contributed by atoms with Gasteiger partial charge in [0.25, 0.3) is 6.03 Å². The van der Waals surface area contributed by atoms with E-state index in [4.69, 9.17) is 0 Å². The van der Waals surface area contributed by atoms with Crippen molar-refractivity contribution in [1.82, 2.24) is 10.2 Å². The number of rotatable bonds is 0. The van der Waals surface area contributed by atoms with E-state index in [0.29, 0.717) is 0 Å². The molecule has 1 rings (SSSR count). The zero-order chi connectivity index (χ0) is 8.48. The summed E-state index contributed by atoms with van der Waals surface area (Å²) in [6.07, 6.45) is 0.934. The van der Waals surface area contributed by atoms with E-state index in [0.717, 1.165) is 13.0 Å². The third-order valence-corrected chi connectivity index (χ3v) is 1.78. The van der Waals surface area contributed by atoms with E-state index in [2.05, 4.69) is 5.32 Å². The Bertz CT molecular complexity index is 165. The van der Waals surface area contributed by atoms with Crippen LogP contribution in [-0.2, 0) is 0 Å². The SMILES string of the molecule is CC(C)(C)N1CC[CH-]NC1=O.[Rb+]. The van der Waals surface area contributed by atoms with Gasteiger partial charge in [0.1, 0.15) is 0 Å². The van der Waals surface area contributed by atoms with Crippen molar-refractivity contribution in [3.05, 3.63) is 6.54 Å². The average molecular weight is 241 g/mol. The normalized spacial score (nSPS) is 18.2. The van der Waals surface area contributed by atoms with E-state index in [1.165, 1.54) is 0 Å². The Balaban J connectivity index is 0.00000121. The molecule has 1 fully saturated rings. The van der Waals surface area contributed by atoms with Crippen LogP contribution in [0, 0.1) is 6.54 Å². The number of nitrogens with zero attached hydrogens (tertiary/aromatic N) is 1. The maximum absolute atomic E-state index is 11.2. The molecule has 0 aromatic heterocycles. The van der Waals surface area contributed by atoms with Crippen molar-refractivity contribution in [2.75, 3.05) is 6.54 Å². The zero-order valence-electron chi connectivity index (χ0n) is 8.35. The summed E-state index contributed by atoms with van der Waals surface area (Å²) in [6.45, 7) is 8.76. The van der Waals surface area contributed by atoms with Crippen LogP contribution in [0.4, 0.5) is 4.79 Å². The van der Waals surface area contributed by atoms with Crippen molar-refractivity contribution in [2.24, 2.45) is 0 Å². The van der Waals surface area contributed by atoms with Gasteiger partial charge in [-0.15, -0.1) is 6.42 Å². The quantitative estimate of drug-likeness (QED) is 0.507. The van der Waals surface area contributed by atoms with Crippen molar-refractivity contribution in [2.45, 2.75) is 32.7 Å². The summed E-state index contributed by atoms with van der Waals surface area (Å²) in [5, 5.41) is 2.70. The van der Waals surface area contributed by atoms with Crippen LogP contribution in [-0.4, -0.2) is 23.0 Å². The minimum Gasteiger partial charge on any atom is -0.487 e. The second kappa shape index (κ2) is 5.08. The van der Waals surface area contributed by atoms with Gasteiger partial charge in [-0.1, -0.05) is 0 Å². The number of carbonyl (C=O) groups is 1. The van der Waals surface area contributed by atoms with Crippen LogP contribution in [0.1, 0.15) is 27.2 Å². The van der Waals surface area contributed by atoms with Gasteiger partial charge in [-0.3, -0.25) is 4.79 Å². The number of nitrogens with one attached hydrogen (secondary N) is 1. The maximum atomic E-state index is 11.2. The van der Waals surface area contributed by atoms with Gasteiger partial charge < -0.3 is 10.2 Å². The van der Waals surface area contributed by atoms with E-state index in [-0.39, 0.29) is 69.8 Å². The molecular formula is C8H15N2ORb. The number of hydrogen-bond donors (Lipinski definition) is 1. The Morgan fingerprint density at radius 1 is 1.50 bits per heavy atom. The van der Waals surface area contributed by atoms with Crippen molar-refractivity contribution >= 4 is 6.03 Å². The van der Waals surface area contributed by atoms with Gasteiger partial charge in [0, 0.05) is 5.54 Å². The average Bonchev–Trinajstić information content (AvgIpc) is 1.86. The summed E-state index contributed by atoms with van der Waals surface area (Å²) in [5.41, 5.74) is -0.0572. The van der Waals surface area contributed by atoms with E-state index in [9.17, 15) is 4.79 Å². The largest absolute Gasteiger partial charge is 1.00 e. The number of hydrogen-bond acceptors (Lipinski definition) is 1. The molecule has 0 bridgehead atoms.